The second kappa shape index (κ2) is 7.92. The zero-order valence-corrected chi connectivity index (χ0v) is 19.3. The molecule has 0 aromatic rings. The Kier molecular flexibility index (Phi) is 5.95. The SMILES string of the molecule is CCCC(C)C1CC([Si](C)(C)C2CCC3CCCCC32)C2CCCCC12. The van der Waals surface area contributed by atoms with E-state index >= 15 is 0 Å². The first-order valence-corrected chi connectivity index (χ1v) is 15.7. The molecule has 1 heteroatoms. The lowest BCUT2D eigenvalue weighted by molar-refractivity contribution is 0.179. The first-order valence-electron chi connectivity index (χ1n) is 12.5. The van der Waals surface area contributed by atoms with Gasteiger partial charge in [0.1, 0.15) is 0 Å². The molecule has 0 spiro atoms. The van der Waals surface area contributed by atoms with Gasteiger partial charge in [0.15, 0.2) is 0 Å². The zero-order chi connectivity index (χ0) is 18.3. The summed E-state index contributed by atoms with van der Waals surface area (Å²) >= 11 is 0. The molecule has 0 nitrogen and oxygen atoms in total. The fourth-order valence-corrected chi connectivity index (χ4v) is 14.4. The first-order chi connectivity index (χ1) is 12.5. The van der Waals surface area contributed by atoms with Crippen molar-refractivity contribution in [2.45, 2.75) is 121 Å². The van der Waals surface area contributed by atoms with E-state index in [4.69, 9.17) is 0 Å². The van der Waals surface area contributed by atoms with Crippen molar-refractivity contribution in [3.05, 3.63) is 0 Å². The third-order valence-corrected chi connectivity index (χ3v) is 15.4. The standard InChI is InChI=1S/C25H46Si/c1-5-10-18(2)23-17-25(22-14-9-8-13-21(22)23)26(3,4)24-16-15-19-11-6-7-12-20(19)24/h18-25H,5-17H2,1-4H3. The topological polar surface area (TPSA) is 0 Å². The van der Waals surface area contributed by atoms with E-state index in [2.05, 4.69) is 26.9 Å². The highest BCUT2D eigenvalue weighted by Crippen LogP contribution is 2.63. The lowest BCUT2D eigenvalue weighted by Crippen LogP contribution is -2.43. The minimum Gasteiger partial charge on any atom is -0.0689 e. The van der Waals surface area contributed by atoms with E-state index in [0.717, 1.165) is 35.5 Å². The Morgan fingerprint density at radius 3 is 2.15 bits per heavy atom. The molecule has 0 aliphatic heterocycles. The lowest BCUT2D eigenvalue weighted by Gasteiger charge is -2.45. The predicted molar refractivity (Wildman–Crippen MR) is 117 cm³/mol. The summed E-state index contributed by atoms with van der Waals surface area (Å²) in [5.41, 5.74) is 2.35. The van der Waals surface area contributed by atoms with E-state index in [9.17, 15) is 0 Å². The highest BCUT2D eigenvalue weighted by molar-refractivity contribution is 6.80. The van der Waals surface area contributed by atoms with Crippen molar-refractivity contribution < 1.29 is 0 Å². The van der Waals surface area contributed by atoms with Gasteiger partial charge in [-0.25, -0.2) is 0 Å². The van der Waals surface area contributed by atoms with Gasteiger partial charge in [0.05, 0.1) is 8.07 Å². The van der Waals surface area contributed by atoms with Crippen LogP contribution in [-0.2, 0) is 0 Å². The van der Waals surface area contributed by atoms with E-state index < -0.39 is 8.07 Å². The average molecular weight is 375 g/mol. The molecule has 0 N–H and O–H groups in total. The van der Waals surface area contributed by atoms with Crippen LogP contribution < -0.4 is 0 Å². The maximum Gasteiger partial charge on any atom is 0.0541 e. The van der Waals surface area contributed by atoms with E-state index in [0.29, 0.717) is 0 Å². The van der Waals surface area contributed by atoms with Crippen molar-refractivity contribution in [1.82, 2.24) is 0 Å². The molecule has 8 unspecified atom stereocenters. The molecule has 4 saturated carbocycles. The second-order valence-electron chi connectivity index (χ2n) is 11.6. The molecule has 0 heterocycles. The summed E-state index contributed by atoms with van der Waals surface area (Å²) in [5, 5.41) is 0. The van der Waals surface area contributed by atoms with Crippen molar-refractivity contribution in [3.8, 4) is 0 Å². The van der Waals surface area contributed by atoms with E-state index in [1.54, 1.807) is 70.6 Å². The smallest absolute Gasteiger partial charge is 0.0541 e. The van der Waals surface area contributed by atoms with Gasteiger partial charge in [-0.05, 0) is 59.4 Å². The van der Waals surface area contributed by atoms with Crippen LogP contribution in [0.4, 0.5) is 0 Å². The molecule has 4 rings (SSSR count). The van der Waals surface area contributed by atoms with Gasteiger partial charge in [0.2, 0.25) is 0 Å². The Bertz CT molecular complexity index is 469. The predicted octanol–water partition coefficient (Wildman–Crippen LogP) is 8.30. The monoisotopic (exact) mass is 374 g/mol. The molecule has 0 amide bonds. The molecule has 4 fully saturated rings. The lowest BCUT2D eigenvalue weighted by atomic mass is 9.73. The summed E-state index contributed by atoms with van der Waals surface area (Å²) in [5.74, 6) is 6.62. The van der Waals surface area contributed by atoms with Gasteiger partial charge in [0.25, 0.3) is 0 Å². The Morgan fingerprint density at radius 1 is 0.769 bits per heavy atom. The highest BCUT2D eigenvalue weighted by atomic mass is 28.3. The van der Waals surface area contributed by atoms with Gasteiger partial charge in [-0.1, -0.05) is 97.6 Å². The van der Waals surface area contributed by atoms with Crippen LogP contribution in [0.5, 0.6) is 0 Å². The molecule has 8 atom stereocenters. The van der Waals surface area contributed by atoms with Crippen LogP contribution >= 0.6 is 0 Å². The molecule has 4 aliphatic rings. The summed E-state index contributed by atoms with van der Waals surface area (Å²) in [6, 6.07) is 0. The molecule has 0 bridgehead atoms. The summed E-state index contributed by atoms with van der Waals surface area (Å²) in [6.07, 6.45) is 20.3. The van der Waals surface area contributed by atoms with Gasteiger partial charge < -0.3 is 0 Å². The van der Waals surface area contributed by atoms with E-state index in [1.807, 2.05) is 0 Å². The maximum absolute atomic E-state index is 2.87. The second-order valence-corrected chi connectivity index (χ2v) is 16.7. The van der Waals surface area contributed by atoms with Crippen molar-refractivity contribution in [2.24, 2.45) is 35.5 Å². The first kappa shape index (κ1) is 19.5. The fourth-order valence-electron chi connectivity index (χ4n) is 8.97. The summed E-state index contributed by atoms with van der Waals surface area (Å²) in [6.45, 7) is 10.8. The normalized spacial score (nSPS) is 44.5. The molecule has 0 radical (unpaired) electrons. The van der Waals surface area contributed by atoms with Gasteiger partial charge in [-0.2, -0.15) is 0 Å². The third-order valence-electron chi connectivity index (χ3n) is 10.2. The zero-order valence-electron chi connectivity index (χ0n) is 18.3. The quantitative estimate of drug-likeness (QED) is 0.424. The Hall–Kier alpha value is 0.217. The molecule has 4 aliphatic carbocycles. The Balaban J connectivity index is 1.55. The van der Waals surface area contributed by atoms with Crippen molar-refractivity contribution >= 4 is 8.07 Å². The number of hydrogen-bond donors (Lipinski definition) is 0. The summed E-state index contributed by atoms with van der Waals surface area (Å²) in [4.78, 5) is 0. The van der Waals surface area contributed by atoms with Crippen LogP contribution in [-0.4, -0.2) is 8.07 Å². The minimum absolute atomic E-state index is 0.992. The van der Waals surface area contributed by atoms with Crippen molar-refractivity contribution in [2.75, 3.05) is 0 Å². The Labute approximate surface area is 165 Å². The Morgan fingerprint density at radius 2 is 1.42 bits per heavy atom. The molecular weight excluding hydrogens is 328 g/mol. The van der Waals surface area contributed by atoms with Crippen LogP contribution in [0.25, 0.3) is 0 Å². The summed E-state index contributed by atoms with van der Waals surface area (Å²) < 4.78 is 0. The van der Waals surface area contributed by atoms with E-state index in [1.165, 1.54) is 23.9 Å². The largest absolute Gasteiger partial charge is 0.0689 e. The number of fused-ring (bicyclic) bond motifs is 2. The van der Waals surface area contributed by atoms with Gasteiger partial charge in [0, 0.05) is 0 Å². The molecule has 150 valence electrons. The minimum atomic E-state index is -1.16. The van der Waals surface area contributed by atoms with Crippen LogP contribution in [0.1, 0.15) is 97.3 Å². The van der Waals surface area contributed by atoms with Gasteiger partial charge in [-0.3, -0.25) is 0 Å². The van der Waals surface area contributed by atoms with Crippen LogP contribution in [0, 0.1) is 35.5 Å². The average Bonchev–Trinajstić information content (AvgIpc) is 3.24. The molecular formula is C25H46Si. The van der Waals surface area contributed by atoms with Crippen LogP contribution in [0.3, 0.4) is 0 Å². The van der Waals surface area contributed by atoms with Crippen LogP contribution in [0.2, 0.25) is 24.2 Å². The highest BCUT2D eigenvalue weighted by Gasteiger charge is 2.56. The van der Waals surface area contributed by atoms with Crippen LogP contribution in [0.15, 0.2) is 0 Å². The summed E-state index contributed by atoms with van der Waals surface area (Å²) in [7, 11) is -1.16. The van der Waals surface area contributed by atoms with Gasteiger partial charge >= 0.3 is 0 Å². The third kappa shape index (κ3) is 3.37. The molecule has 26 heavy (non-hydrogen) atoms. The molecule has 0 aromatic carbocycles. The van der Waals surface area contributed by atoms with Gasteiger partial charge in [-0.15, -0.1) is 0 Å². The molecule has 0 aromatic heterocycles. The number of hydrogen-bond acceptors (Lipinski definition) is 0. The molecule has 0 saturated heterocycles. The fraction of sp³-hybridized carbons (Fsp3) is 1.00. The number of rotatable bonds is 5. The van der Waals surface area contributed by atoms with E-state index in [-0.39, 0.29) is 0 Å². The van der Waals surface area contributed by atoms with Crippen molar-refractivity contribution in [1.29, 1.82) is 0 Å². The maximum atomic E-state index is 2.87. The van der Waals surface area contributed by atoms with Crippen molar-refractivity contribution in [3.63, 3.8) is 0 Å².